The Labute approximate surface area is 175 Å². The van der Waals surface area contributed by atoms with E-state index in [0.717, 1.165) is 12.8 Å². The van der Waals surface area contributed by atoms with Crippen molar-refractivity contribution in [3.05, 3.63) is 63.7 Å². The Morgan fingerprint density at radius 2 is 1.90 bits per heavy atom. The van der Waals surface area contributed by atoms with Crippen LogP contribution in [0.1, 0.15) is 23.5 Å². The van der Waals surface area contributed by atoms with Crippen LogP contribution in [0.2, 0.25) is 0 Å². The summed E-state index contributed by atoms with van der Waals surface area (Å²) in [6, 6.07) is 12.7. The molecule has 1 aliphatic heterocycles. The number of nitrogens with zero attached hydrogens (tertiary/aromatic N) is 2. The van der Waals surface area contributed by atoms with E-state index in [-0.39, 0.29) is 29.7 Å². The van der Waals surface area contributed by atoms with Gasteiger partial charge in [0.1, 0.15) is 5.69 Å². The zero-order valence-electron chi connectivity index (χ0n) is 16.4. The van der Waals surface area contributed by atoms with E-state index in [1.165, 1.54) is 33.6 Å². The first kappa shape index (κ1) is 19.5. The smallest absolute Gasteiger partial charge is 0.293 e. The van der Waals surface area contributed by atoms with Crippen LogP contribution in [0, 0.1) is 16.0 Å². The second-order valence-corrected chi connectivity index (χ2v) is 9.99. The maximum absolute atomic E-state index is 12.9. The lowest BCUT2D eigenvalue weighted by molar-refractivity contribution is -0.384. The van der Waals surface area contributed by atoms with Crippen LogP contribution in [0.25, 0.3) is 0 Å². The predicted octanol–water partition coefficient (Wildman–Crippen LogP) is 2.76. The van der Waals surface area contributed by atoms with Crippen molar-refractivity contribution in [1.29, 1.82) is 0 Å². The van der Waals surface area contributed by atoms with Crippen LogP contribution < -0.4 is 5.32 Å². The number of aryl methyl sites for hydroxylation is 1. The molecule has 1 saturated heterocycles. The molecule has 8 nitrogen and oxygen atoms in total. The van der Waals surface area contributed by atoms with E-state index in [1.807, 2.05) is 12.1 Å². The number of hydrogen-bond donors (Lipinski definition) is 1. The summed E-state index contributed by atoms with van der Waals surface area (Å²) in [4.78, 5) is 11.2. The molecule has 5 rings (SSSR count). The van der Waals surface area contributed by atoms with Gasteiger partial charge in [-0.05, 0) is 42.0 Å². The molecular weight excluding hydrogens is 406 g/mol. The molecule has 2 aromatic rings. The van der Waals surface area contributed by atoms with Gasteiger partial charge in [-0.2, -0.15) is 4.31 Å². The van der Waals surface area contributed by atoms with Gasteiger partial charge in [-0.15, -0.1) is 0 Å². The Morgan fingerprint density at radius 3 is 2.67 bits per heavy atom. The van der Waals surface area contributed by atoms with Crippen LogP contribution in [-0.4, -0.2) is 50.0 Å². The average Bonchev–Trinajstić information content (AvgIpc) is 3.47. The topological polar surface area (TPSA) is 102 Å². The third-order valence-corrected chi connectivity index (χ3v) is 8.32. The van der Waals surface area contributed by atoms with Crippen molar-refractivity contribution in [2.24, 2.45) is 5.92 Å². The first-order valence-corrected chi connectivity index (χ1v) is 11.6. The van der Waals surface area contributed by atoms with Gasteiger partial charge in [-0.3, -0.25) is 10.1 Å². The molecule has 3 unspecified atom stereocenters. The molecule has 0 bridgehead atoms. The van der Waals surface area contributed by atoms with Gasteiger partial charge in [0.15, 0.2) is 0 Å². The number of fused-ring (bicyclic) bond motifs is 3. The Balaban J connectivity index is 1.41. The molecular formula is C21H23N3O5S. The summed E-state index contributed by atoms with van der Waals surface area (Å²) in [6.45, 7) is 1.15. The molecule has 158 valence electrons. The lowest BCUT2D eigenvalue weighted by Gasteiger charge is -2.26. The highest BCUT2D eigenvalue weighted by molar-refractivity contribution is 7.89. The number of hydrogen-bond acceptors (Lipinski definition) is 6. The van der Waals surface area contributed by atoms with E-state index < -0.39 is 14.9 Å². The molecule has 0 radical (unpaired) electrons. The number of anilines is 1. The number of ether oxygens (including phenoxy) is 1. The van der Waals surface area contributed by atoms with E-state index >= 15 is 0 Å². The summed E-state index contributed by atoms with van der Waals surface area (Å²) in [5.74, 6) is 0.808. The first-order chi connectivity index (χ1) is 14.5. The Morgan fingerprint density at radius 1 is 1.13 bits per heavy atom. The number of rotatable bonds is 5. The number of nitro benzene ring substituents is 1. The fraction of sp³-hybridized carbons (Fsp3) is 0.429. The van der Waals surface area contributed by atoms with E-state index in [2.05, 4.69) is 17.4 Å². The standard InChI is InChI=1S/C21H23N3O5S/c25-24(26)19-13-15(30(27,28)23-9-11-29-12-10-23)6-8-18(19)22-21-17-7-5-14-3-1-2-4-16(14)20(17)21/h1-4,6,8,13,17,20-22H,5,7,9-12H2. The molecule has 0 spiro atoms. The molecule has 1 heterocycles. The normalized spacial score (nSPS) is 25.8. The van der Waals surface area contributed by atoms with Crippen molar-refractivity contribution in [2.75, 3.05) is 31.6 Å². The minimum absolute atomic E-state index is 0.0554. The molecule has 0 amide bonds. The van der Waals surface area contributed by atoms with E-state index in [9.17, 15) is 18.5 Å². The first-order valence-electron chi connectivity index (χ1n) is 10.2. The Kier molecular flexibility index (Phi) is 4.76. The van der Waals surface area contributed by atoms with Gasteiger partial charge in [0, 0.05) is 31.1 Å². The molecule has 30 heavy (non-hydrogen) atoms. The van der Waals surface area contributed by atoms with Gasteiger partial charge in [0.25, 0.3) is 5.69 Å². The Hall–Kier alpha value is -2.49. The number of nitro groups is 1. The number of benzene rings is 2. The maximum atomic E-state index is 12.9. The van der Waals surface area contributed by atoms with Crippen LogP contribution in [0.3, 0.4) is 0 Å². The van der Waals surface area contributed by atoms with Crippen LogP contribution in [0.15, 0.2) is 47.4 Å². The highest BCUT2D eigenvalue weighted by Crippen LogP contribution is 2.56. The van der Waals surface area contributed by atoms with Gasteiger partial charge < -0.3 is 10.1 Å². The average molecular weight is 429 g/mol. The van der Waals surface area contributed by atoms with Crippen molar-refractivity contribution in [1.82, 2.24) is 4.31 Å². The van der Waals surface area contributed by atoms with Crippen LogP contribution in [0.5, 0.6) is 0 Å². The molecule has 9 heteroatoms. The van der Waals surface area contributed by atoms with Crippen LogP contribution in [0.4, 0.5) is 11.4 Å². The quantitative estimate of drug-likeness (QED) is 0.579. The van der Waals surface area contributed by atoms with Crippen LogP contribution in [-0.2, 0) is 21.2 Å². The van der Waals surface area contributed by atoms with E-state index in [0.29, 0.717) is 30.7 Å². The van der Waals surface area contributed by atoms with Crippen molar-refractivity contribution >= 4 is 21.4 Å². The second kappa shape index (κ2) is 7.33. The highest BCUT2D eigenvalue weighted by Gasteiger charge is 2.53. The van der Waals surface area contributed by atoms with Gasteiger partial charge in [-0.1, -0.05) is 24.3 Å². The monoisotopic (exact) mass is 429 g/mol. The largest absolute Gasteiger partial charge is 0.379 e. The van der Waals surface area contributed by atoms with Crippen molar-refractivity contribution in [3.63, 3.8) is 0 Å². The minimum Gasteiger partial charge on any atom is -0.379 e. The van der Waals surface area contributed by atoms with Gasteiger partial charge in [0.05, 0.1) is 23.0 Å². The summed E-state index contributed by atoms with van der Waals surface area (Å²) >= 11 is 0. The van der Waals surface area contributed by atoms with Crippen molar-refractivity contribution in [3.8, 4) is 0 Å². The molecule has 3 atom stereocenters. The number of morpholine rings is 1. The fourth-order valence-electron chi connectivity index (χ4n) is 4.82. The van der Waals surface area contributed by atoms with Gasteiger partial charge >= 0.3 is 0 Å². The summed E-state index contributed by atoms with van der Waals surface area (Å²) in [6.07, 6.45) is 2.07. The Bertz CT molecular complexity index is 1100. The molecule has 3 aliphatic rings. The zero-order chi connectivity index (χ0) is 20.9. The van der Waals surface area contributed by atoms with Crippen LogP contribution >= 0.6 is 0 Å². The zero-order valence-corrected chi connectivity index (χ0v) is 17.2. The molecule has 1 N–H and O–H groups in total. The number of nitrogens with one attached hydrogen (secondary N) is 1. The summed E-state index contributed by atoms with van der Waals surface area (Å²) in [5.41, 5.74) is 2.84. The fourth-order valence-corrected chi connectivity index (χ4v) is 6.25. The van der Waals surface area contributed by atoms with Gasteiger partial charge in [-0.25, -0.2) is 8.42 Å². The van der Waals surface area contributed by atoms with Crippen molar-refractivity contribution in [2.45, 2.75) is 29.7 Å². The van der Waals surface area contributed by atoms with E-state index in [1.54, 1.807) is 0 Å². The predicted molar refractivity (Wildman–Crippen MR) is 111 cm³/mol. The second-order valence-electron chi connectivity index (χ2n) is 8.05. The summed E-state index contributed by atoms with van der Waals surface area (Å²) < 4.78 is 32.3. The number of sulfonamides is 1. The summed E-state index contributed by atoms with van der Waals surface area (Å²) in [7, 11) is -3.79. The maximum Gasteiger partial charge on any atom is 0.293 e. The molecule has 1 saturated carbocycles. The molecule has 2 aliphatic carbocycles. The molecule has 0 aromatic heterocycles. The van der Waals surface area contributed by atoms with Crippen molar-refractivity contribution < 1.29 is 18.1 Å². The highest BCUT2D eigenvalue weighted by atomic mass is 32.2. The minimum atomic E-state index is -3.79. The molecule has 2 fully saturated rings. The third-order valence-electron chi connectivity index (χ3n) is 6.43. The van der Waals surface area contributed by atoms with Gasteiger partial charge in [0.2, 0.25) is 10.0 Å². The summed E-state index contributed by atoms with van der Waals surface area (Å²) in [5, 5.41) is 15.1. The van der Waals surface area contributed by atoms with E-state index in [4.69, 9.17) is 4.74 Å². The lowest BCUT2D eigenvalue weighted by Crippen LogP contribution is -2.40. The third kappa shape index (κ3) is 3.27. The molecule has 2 aromatic carbocycles. The lowest BCUT2D eigenvalue weighted by atomic mass is 9.92. The SMILES string of the molecule is O=[N+]([O-])c1cc(S(=O)(=O)N2CCOCC2)ccc1NC1C2CCc3ccccc3C21.